The molecule has 0 bridgehead atoms. The van der Waals surface area contributed by atoms with Crippen molar-refractivity contribution in [3.05, 3.63) is 59.7 Å². The highest BCUT2D eigenvalue weighted by molar-refractivity contribution is 5.39. The van der Waals surface area contributed by atoms with Gasteiger partial charge in [0.05, 0.1) is 12.3 Å². The normalized spacial score (nSPS) is 22.1. The van der Waals surface area contributed by atoms with Crippen LogP contribution in [0.5, 0.6) is 5.75 Å². The number of nitrogens with zero attached hydrogens (tertiary/aromatic N) is 1. The smallest absolute Gasteiger partial charge is 0.168 e. The first-order valence-electron chi connectivity index (χ1n) is 8.50. The zero-order chi connectivity index (χ0) is 16.4. The molecule has 1 saturated carbocycles. The van der Waals surface area contributed by atoms with Gasteiger partial charge in [-0.2, -0.15) is 0 Å². The molecule has 0 amide bonds. The molecule has 1 saturated heterocycles. The Morgan fingerprint density at radius 3 is 2.88 bits per heavy atom. The summed E-state index contributed by atoms with van der Waals surface area (Å²) in [5, 5.41) is 3.33. The molecule has 1 N–H and O–H groups in total. The van der Waals surface area contributed by atoms with Gasteiger partial charge in [-0.05, 0) is 42.5 Å². The summed E-state index contributed by atoms with van der Waals surface area (Å²) in [5.74, 6) is 0.814. The predicted molar refractivity (Wildman–Crippen MR) is 88.6 cm³/mol. The van der Waals surface area contributed by atoms with Crippen LogP contribution in [0.3, 0.4) is 0 Å². The van der Waals surface area contributed by atoms with Crippen LogP contribution in [-0.2, 0) is 4.74 Å². The minimum Gasteiger partial charge on any atom is -0.481 e. The maximum Gasteiger partial charge on any atom is 0.168 e. The molecule has 1 aromatic heterocycles. The van der Waals surface area contributed by atoms with Crippen LogP contribution in [0.1, 0.15) is 36.1 Å². The lowest BCUT2D eigenvalue weighted by Gasteiger charge is -2.31. The Labute approximate surface area is 141 Å². The number of nitrogens with one attached hydrogen (secondary N) is 1. The first-order valence-corrected chi connectivity index (χ1v) is 8.50. The van der Waals surface area contributed by atoms with Crippen molar-refractivity contribution in [2.24, 2.45) is 0 Å². The molecule has 24 heavy (non-hydrogen) atoms. The number of morpholine rings is 1. The number of aromatic nitrogens is 1. The molecule has 126 valence electrons. The van der Waals surface area contributed by atoms with Gasteiger partial charge >= 0.3 is 0 Å². The average molecular weight is 328 g/mol. The summed E-state index contributed by atoms with van der Waals surface area (Å²) >= 11 is 0. The first kappa shape index (κ1) is 15.5. The largest absolute Gasteiger partial charge is 0.481 e. The number of benzene rings is 1. The number of rotatable bonds is 5. The van der Waals surface area contributed by atoms with Gasteiger partial charge < -0.3 is 14.8 Å². The third kappa shape index (κ3) is 3.42. The van der Waals surface area contributed by atoms with Gasteiger partial charge in [-0.25, -0.2) is 4.39 Å². The van der Waals surface area contributed by atoms with Crippen molar-refractivity contribution in [2.75, 3.05) is 19.7 Å². The summed E-state index contributed by atoms with van der Waals surface area (Å²) in [6.07, 6.45) is 3.51. The van der Waals surface area contributed by atoms with E-state index in [0.717, 1.165) is 30.6 Å². The highest BCUT2D eigenvalue weighted by Gasteiger charge is 2.32. The number of pyridine rings is 1. The molecule has 2 aromatic rings. The van der Waals surface area contributed by atoms with Crippen molar-refractivity contribution in [3.63, 3.8) is 0 Å². The van der Waals surface area contributed by atoms with Gasteiger partial charge in [0.1, 0.15) is 17.7 Å². The van der Waals surface area contributed by atoms with E-state index in [0.29, 0.717) is 24.8 Å². The lowest BCUT2D eigenvalue weighted by molar-refractivity contribution is -0.0450. The SMILES string of the molecule is Fc1ccc(C2CC2)c(OC(c2ccccn2)[C@@H]2CNCCO2)c1. The molecular formula is C19H21FN2O2. The van der Waals surface area contributed by atoms with Crippen LogP contribution >= 0.6 is 0 Å². The molecule has 1 unspecified atom stereocenters. The molecule has 0 spiro atoms. The van der Waals surface area contributed by atoms with Crippen molar-refractivity contribution in [3.8, 4) is 5.75 Å². The van der Waals surface area contributed by atoms with Crippen LogP contribution < -0.4 is 10.1 Å². The Morgan fingerprint density at radius 1 is 1.25 bits per heavy atom. The maximum absolute atomic E-state index is 13.8. The van der Waals surface area contributed by atoms with E-state index in [1.807, 2.05) is 24.3 Å². The molecule has 4 rings (SSSR count). The van der Waals surface area contributed by atoms with Crippen LogP contribution in [0.25, 0.3) is 0 Å². The summed E-state index contributed by atoms with van der Waals surface area (Å²) < 4.78 is 26.0. The Balaban J connectivity index is 1.65. The quantitative estimate of drug-likeness (QED) is 0.915. The van der Waals surface area contributed by atoms with Crippen LogP contribution in [0.4, 0.5) is 4.39 Å². The van der Waals surface area contributed by atoms with Crippen molar-refractivity contribution in [1.29, 1.82) is 0 Å². The van der Waals surface area contributed by atoms with Crippen molar-refractivity contribution in [1.82, 2.24) is 10.3 Å². The summed E-state index contributed by atoms with van der Waals surface area (Å²) in [5.41, 5.74) is 1.89. The number of halogens is 1. The second kappa shape index (κ2) is 6.87. The lowest BCUT2D eigenvalue weighted by atomic mass is 10.1. The van der Waals surface area contributed by atoms with Gasteiger partial charge in [-0.15, -0.1) is 0 Å². The fourth-order valence-electron chi connectivity index (χ4n) is 3.13. The van der Waals surface area contributed by atoms with Crippen molar-refractivity contribution in [2.45, 2.75) is 31.0 Å². The van der Waals surface area contributed by atoms with Crippen molar-refractivity contribution >= 4 is 0 Å². The van der Waals surface area contributed by atoms with Gasteiger partial charge in [-0.1, -0.05) is 12.1 Å². The standard InChI is InChI=1S/C19H21FN2O2/c20-14-6-7-15(13-4-5-13)17(11-14)24-19(16-3-1-2-8-22-16)18-12-21-9-10-23-18/h1-3,6-8,11,13,18-19,21H,4-5,9-10,12H2/t18-,19?/m0/s1. The highest BCUT2D eigenvalue weighted by atomic mass is 19.1. The van der Waals surface area contributed by atoms with Gasteiger partial charge in [-0.3, -0.25) is 4.98 Å². The van der Waals surface area contributed by atoms with Gasteiger partial charge in [0.2, 0.25) is 0 Å². The molecule has 0 radical (unpaired) electrons. The maximum atomic E-state index is 13.8. The molecule has 5 heteroatoms. The minimum absolute atomic E-state index is 0.149. The van der Waals surface area contributed by atoms with Gasteiger partial charge in [0.15, 0.2) is 6.10 Å². The number of ether oxygens (including phenoxy) is 2. The zero-order valence-electron chi connectivity index (χ0n) is 13.5. The second-order valence-electron chi connectivity index (χ2n) is 6.36. The third-order valence-corrected chi connectivity index (χ3v) is 4.52. The Kier molecular flexibility index (Phi) is 4.45. The molecule has 2 heterocycles. The number of hydrogen-bond acceptors (Lipinski definition) is 4. The number of hydrogen-bond donors (Lipinski definition) is 1. The van der Waals surface area contributed by atoms with E-state index in [9.17, 15) is 4.39 Å². The van der Waals surface area contributed by atoms with E-state index in [2.05, 4.69) is 10.3 Å². The molecule has 1 aliphatic heterocycles. The minimum atomic E-state index is -0.363. The van der Waals surface area contributed by atoms with E-state index in [4.69, 9.17) is 9.47 Å². The molecule has 2 aliphatic rings. The van der Waals surface area contributed by atoms with Gasteiger partial charge in [0.25, 0.3) is 0 Å². The summed E-state index contributed by atoms with van der Waals surface area (Å²) in [6.45, 7) is 2.16. The van der Waals surface area contributed by atoms with E-state index in [-0.39, 0.29) is 18.0 Å². The monoisotopic (exact) mass is 328 g/mol. The molecule has 1 aromatic carbocycles. The molecule has 2 fully saturated rings. The summed E-state index contributed by atoms with van der Waals surface area (Å²) in [7, 11) is 0. The van der Waals surface area contributed by atoms with Crippen LogP contribution in [0.15, 0.2) is 42.6 Å². The van der Waals surface area contributed by atoms with E-state index < -0.39 is 0 Å². The van der Waals surface area contributed by atoms with Crippen LogP contribution in [0, 0.1) is 5.82 Å². The predicted octanol–water partition coefficient (Wildman–Crippen LogP) is 3.21. The molecular weight excluding hydrogens is 307 g/mol. The molecule has 4 nitrogen and oxygen atoms in total. The van der Waals surface area contributed by atoms with Crippen LogP contribution in [-0.4, -0.2) is 30.8 Å². The van der Waals surface area contributed by atoms with Crippen LogP contribution in [0.2, 0.25) is 0 Å². The third-order valence-electron chi connectivity index (χ3n) is 4.52. The zero-order valence-corrected chi connectivity index (χ0v) is 13.5. The fourth-order valence-corrected chi connectivity index (χ4v) is 3.13. The average Bonchev–Trinajstić information content (AvgIpc) is 3.46. The fraction of sp³-hybridized carbons (Fsp3) is 0.421. The summed E-state index contributed by atoms with van der Waals surface area (Å²) in [6, 6.07) is 10.6. The molecule has 2 atom stereocenters. The Morgan fingerprint density at radius 2 is 2.17 bits per heavy atom. The highest BCUT2D eigenvalue weighted by Crippen LogP contribution is 2.45. The van der Waals surface area contributed by atoms with Crippen molar-refractivity contribution < 1.29 is 13.9 Å². The Hall–Kier alpha value is -1.98. The topological polar surface area (TPSA) is 43.4 Å². The van der Waals surface area contributed by atoms with Gasteiger partial charge in [0, 0.05) is 25.4 Å². The van der Waals surface area contributed by atoms with E-state index >= 15 is 0 Å². The summed E-state index contributed by atoms with van der Waals surface area (Å²) in [4.78, 5) is 4.44. The molecule has 1 aliphatic carbocycles. The first-order chi connectivity index (χ1) is 11.8. The lowest BCUT2D eigenvalue weighted by Crippen LogP contribution is -2.43. The van der Waals surface area contributed by atoms with E-state index in [1.165, 1.54) is 12.1 Å². The Bertz CT molecular complexity index is 685. The van der Waals surface area contributed by atoms with E-state index in [1.54, 1.807) is 6.20 Å². The second-order valence-corrected chi connectivity index (χ2v) is 6.36.